The van der Waals surface area contributed by atoms with Crippen molar-refractivity contribution < 1.29 is 9.59 Å². The number of likely N-dealkylation sites (tertiary alicyclic amines) is 2. The monoisotopic (exact) mass is 373 g/mol. The lowest BCUT2D eigenvalue weighted by atomic mass is 9.87. The molecule has 4 rings (SSSR count). The van der Waals surface area contributed by atoms with Gasteiger partial charge in [-0.1, -0.05) is 0 Å². The van der Waals surface area contributed by atoms with Crippen LogP contribution in [0.3, 0.4) is 0 Å². The van der Waals surface area contributed by atoms with Crippen LogP contribution in [0.2, 0.25) is 0 Å². The van der Waals surface area contributed by atoms with Gasteiger partial charge < -0.3 is 15.1 Å². The minimum Gasteiger partial charge on any atom is -0.342 e. The van der Waals surface area contributed by atoms with Crippen LogP contribution in [0.1, 0.15) is 49.3 Å². The second-order valence-electron chi connectivity index (χ2n) is 8.39. The third kappa shape index (κ3) is 3.88. The highest BCUT2D eigenvalue weighted by molar-refractivity contribution is 5.83. The van der Waals surface area contributed by atoms with Gasteiger partial charge >= 0.3 is 0 Å². The van der Waals surface area contributed by atoms with E-state index < -0.39 is 0 Å². The molecule has 1 aromatic heterocycles. The maximum atomic E-state index is 13.0. The second-order valence-corrected chi connectivity index (χ2v) is 8.39. The van der Waals surface area contributed by atoms with E-state index in [4.69, 9.17) is 0 Å². The fourth-order valence-corrected chi connectivity index (χ4v) is 4.93. The number of hydrogen-bond acceptors (Lipinski definition) is 4. The van der Waals surface area contributed by atoms with E-state index in [2.05, 4.69) is 22.4 Å². The first-order valence-corrected chi connectivity index (χ1v) is 10.4. The van der Waals surface area contributed by atoms with Gasteiger partial charge in [-0.2, -0.15) is 5.10 Å². The minimum absolute atomic E-state index is 0.0454. The lowest BCUT2D eigenvalue weighted by molar-refractivity contribution is -0.140. The van der Waals surface area contributed by atoms with Gasteiger partial charge in [0.25, 0.3) is 0 Å². The Kier molecular flexibility index (Phi) is 5.48. The van der Waals surface area contributed by atoms with Crippen LogP contribution in [0.15, 0.2) is 6.20 Å². The van der Waals surface area contributed by atoms with Crippen LogP contribution in [-0.4, -0.2) is 71.1 Å². The smallest absolute Gasteiger partial charge is 0.226 e. The number of nitrogens with zero attached hydrogens (tertiary/aromatic N) is 3. The summed E-state index contributed by atoms with van der Waals surface area (Å²) in [6, 6.07) is 0. The standard InChI is InChI=1S/C20H31N5O2/c1-14-11-22-23-18(14)15-4-8-25(9-5-15)20(27)17-10-16(12-21-13-17)19(26)24-6-2-3-7-24/h11,15-17,21H,2-10,12-13H2,1H3,(H,22,23). The summed E-state index contributed by atoms with van der Waals surface area (Å²) in [5, 5.41) is 10.6. The molecule has 3 saturated heterocycles. The van der Waals surface area contributed by atoms with Crippen LogP contribution in [0, 0.1) is 18.8 Å². The second kappa shape index (κ2) is 8.00. The van der Waals surface area contributed by atoms with Gasteiger partial charge in [-0.3, -0.25) is 14.7 Å². The summed E-state index contributed by atoms with van der Waals surface area (Å²) in [6.45, 7) is 6.85. The Morgan fingerprint density at radius 1 is 1.00 bits per heavy atom. The van der Waals surface area contributed by atoms with Crippen molar-refractivity contribution in [3.8, 4) is 0 Å². The van der Waals surface area contributed by atoms with Crippen molar-refractivity contribution in [2.45, 2.75) is 44.9 Å². The zero-order valence-corrected chi connectivity index (χ0v) is 16.2. The Hall–Kier alpha value is -1.89. The van der Waals surface area contributed by atoms with Gasteiger partial charge in [0.15, 0.2) is 0 Å². The Balaban J connectivity index is 1.31. The molecule has 2 amide bonds. The highest BCUT2D eigenvalue weighted by atomic mass is 16.2. The molecular formula is C20H31N5O2. The number of aromatic nitrogens is 2. The summed E-state index contributed by atoms with van der Waals surface area (Å²) in [5.41, 5.74) is 2.43. The number of piperidine rings is 2. The van der Waals surface area contributed by atoms with E-state index in [0.29, 0.717) is 25.4 Å². The fraction of sp³-hybridized carbons (Fsp3) is 0.750. The lowest BCUT2D eigenvalue weighted by Gasteiger charge is -2.37. The third-order valence-corrected chi connectivity index (χ3v) is 6.55. The predicted octanol–water partition coefficient (Wildman–Crippen LogP) is 1.27. The lowest BCUT2D eigenvalue weighted by Crippen LogP contribution is -2.50. The van der Waals surface area contributed by atoms with Crippen molar-refractivity contribution in [2.24, 2.45) is 11.8 Å². The number of hydrogen-bond donors (Lipinski definition) is 2. The molecule has 1 aromatic rings. The van der Waals surface area contributed by atoms with E-state index in [9.17, 15) is 9.59 Å². The van der Waals surface area contributed by atoms with E-state index in [0.717, 1.165) is 51.9 Å². The molecular weight excluding hydrogens is 342 g/mol. The van der Waals surface area contributed by atoms with Crippen LogP contribution in [0.4, 0.5) is 0 Å². The molecule has 0 aromatic carbocycles. The van der Waals surface area contributed by atoms with E-state index >= 15 is 0 Å². The highest BCUT2D eigenvalue weighted by Gasteiger charge is 2.36. The number of amides is 2. The first-order valence-electron chi connectivity index (χ1n) is 10.4. The normalized spacial score (nSPS) is 27.1. The molecule has 2 N–H and O–H groups in total. The summed E-state index contributed by atoms with van der Waals surface area (Å²) >= 11 is 0. The van der Waals surface area contributed by atoms with E-state index in [1.807, 2.05) is 16.0 Å². The van der Waals surface area contributed by atoms with E-state index in [-0.39, 0.29) is 23.7 Å². The number of nitrogens with one attached hydrogen (secondary N) is 2. The molecule has 2 unspecified atom stereocenters. The molecule has 3 aliphatic rings. The summed E-state index contributed by atoms with van der Waals surface area (Å²) in [4.78, 5) is 29.7. The van der Waals surface area contributed by atoms with Gasteiger partial charge in [-0.05, 0) is 44.6 Å². The fourth-order valence-electron chi connectivity index (χ4n) is 4.93. The molecule has 27 heavy (non-hydrogen) atoms. The molecule has 0 radical (unpaired) electrons. The molecule has 2 atom stereocenters. The van der Waals surface area contributed by atoms with Crippen molar-refractivity contribution in [3.63, 3.8) is 0 Å². The molecule has 7 heteroatoms. The maximum absolute atomic E-state index is 13.0. The van der Waals surface area contributed by atoms with E-state index in [1.54, 1.807) is 0 Å². The number of H-pyrrole nitrogens is 1. The number of rotatable bonds is 3. The van der Waals surface area contributed by atoms with Crippen LogP contribution >= 0.6 is 0 Å². The Labute approximate surface area is 160 Å². The molecule has 7 nitrogen and oxygen atoms in total. The van der Waals surface area contributed by atoms with Gasteiger partial charge in [0.05, 0.1) is 18.0 Å². The quantitative estimate of drug-likeness (QED) is 0.836. The topological polar surface area (TPSA) is 81.3 Å². The third-order valence-electron chi connectivity index (χ3n) is 6.55. The molecule has 3 fully saturated rings. The van der Waals surface area contributed by atoms with Crippen molar-refractivity contribution in [2.75, 3.05) is 39.3 Å². The van der Waals surface area contributed by atoms with Crippen molar-refractivity contribution >= 4 is 11.8 Å². The highest BCUT2D eigenvalue weighted by Crippen LogP contribution is 2.30. The number of carbonyl (C=O) groups excluding carboxylic acids is 2. The molecule has 148 valence electrons. The Morgan fingerprint density at radius 2 is 1.59 bits per heavy atom. The average Bonchev–Trinajstić information content (AvgIpc) is 3.39. The van der Waals surface area contributed by atoms with Crippen molar-refractivity contribution in [3.05, 3.63) is 17.5 Å². The van der Waals surface area contributed by atoms with Crippen molar-refractivity contribution in [1.82, 2.24) is 25.3 Å². The molecule has 0 aliphatic carbocycles. The number of carbonyl (C=O) groups is 2. The first kappa shape index (κ1) is 18.5. The zero-order chi connectivity index (χ0) is 18.8. The van der Waals surface area contributed by atoms with E-state index in [1.165, 1.54) is 11.3 Å². The summed E-state index contributed by atoms with van der Waals surface area (Å²) in [5.74, 6) is 0.814. The van der Waals surface area contributed by atoms with Gasteiger partial charge in [-0.15, -0.1) is 0 Å². The van der Waals surface area contributed by atoms with Crippen molar-refractivity contribution in [1.29, 1.82) is 0 Å². The van der Waals surface area contributed by atoms with Crippen LogP contribution < -0.4 is 5.32 Å². The van der Waals surface area contributed by atoms with Gasteiger partial charge in [0, 0.05) is 50.9 Å². The Bertz CT molecular complexity index is 674. The maximum Gasteiger partial charge on any atom is 0.226 e. The van der Waals surface area contributed by atoms with Gasteiger partial charge in [-0.25, -0.2) is 0 Å². The van der Waals surface area contributed by atoms with Crippen LogP contribution in [0.5, 0.6) is 0 Å². The molecule has 3 aliphatic heterocycles. The summed E-state index contributed by atoms with van der Waals surface area (Å²) < 4.78 is 0. The predicted molar refractivity (Wildman–Crippen MR) is 102 cm³/mol. The largest absolute Gasteiger partial charge is 0.342 e. The van der Waals surface area contributed by atoms with Gasteiger partial charge in [0.2, 0.25) is 11.8 Å². The minimum atomic E-state index is -0.0688. The average molecular weight is 374 g/mol. The SMILES string of the molecule is Cc1cn[nH]c1C1CCN(C(=O)C2CNCC(C(=O)N3CCCC3)C2)CC1. The molecule has 0 bridgehead atoms. The first-order chi connectivity index (χ1) is 13.1. The number of aromatic amines is 1. The molecule has 0 saturated carbocycles. The summed E-state index contributed by atoms with van der Waals surface area (Å²) in [6.07, 6.45) is 6.74. The van der Waals surface area contributed by atoms with Gasteiger partial charge in [0.1, 0.15) is 0 Å². The zero-order valence-electron chi connectivity index (χ0n) is 16.2. The Morgan fingerprint density at radius 3 is 2.15 bits per heavy atom. The van der Waals surface area contributed by atoms with Crippen LogP contribution in [0.25, 0.3) is 0 Å². The molecule has 4 heterocycles. The summed E-state index contributed by atoms with van der Waals surface area (Å²) in [7, 11) is 0. The molecule has 0 spiro atoms. The van der Waals surface area contributed by atoms with Crippen LogP contribution in [-0.2, 0) is 9.59 Å². The number of aryl methyl sites for hydroxylation is 1.